The maximum atomic E-state index is 13.7. The molecule has 2 rings (SSSR count). The van der Waals surface area contributed by atoms with Crippen LogP contribution in [0.1, 0.15) is 15.9 Å². The van der Waals surface area contributed by atoms with Crippen molar-refractivity contribution < 1.29 is 13.9 Å². The van der Waals surface area contributed by atoms with Gasteiger partial charge in [0.05, 0.1) is 12.1 Å². The molecule has 0 saturated heterocycles. The van der Waals surface area contributed by atoms with E-state index >= 15 is 0 Å². The van der Waals surface area contributed by atoms with Crippen LogP contribution >= 0.6 is 23.2 Å². The smallest absolute Gasteiger partial charge is 0.167 e. The lowest BCUT2D eigenvalue weighted by atomic mass is 10.0. The second kappa shape index (κ2) is 6.25. The Morgan fingerprint density at radius 3 is 2.60 bits per heavy atom. The summed E-state index contributed by atoms with van der Waals surface area (Å²) in [5.41, 5.74) is 0.582. The van der Waals surface area contributed by atoms with Crippen LogP contribution in [0.2, 0.25) is 10.0 Å². The summed E-state index contributed by atoms with van der Waals surface area (Å²) in [6.07, 6.45) is -0.115. The molecule has 0 fully saturated rings. The van der Waals surface area contributed by atoms with Gasteiger partial charge >= 0.3 is 0 Å². The Labute approximate surface area is 126 Å². The predicted molar refractivity (Wildman–Crippen MR) is 77.4 cm³/mol. The van der Waals surface area contributed by atoms with Crippen LogP contribution in [-0.2, 0) is 6.42 Å². The van der Waals surface area contributed by atoms with E-state index in [2.05, 4.69) is 0 Å². The topological polar surface area (TPSA) is 26.3 Å². The number of benzene rings is 2. The molecular formula is C15H11Cl2FO2. The molecule has 0 atom stereocenters. The highest BCUT2D eigenvalue weighted by Gasteiger charge is 2.15. The highest BCUT2D eigenvalue weighted by atomic mass is 35.5. The van der Waals surface area contributed by atoms with E-state index in [1.807, 2.05) is 0 Å². The first-order valence-corrected chi connectivity index (χ1v) is 6.58. The minimum absolute atomic E-state index is 0.115. The van der Waals surface area contributed by atoms with Crippen LogP contribution in [0.25, 0.3) is 0 Å². The summed E-state index contributed by atoms with van der Waals surface area (Å²) in [7, 11) is 1.46. The van der Waals surface area contributed by atoms with Gasteiger partial charge in [0, 0.05) is 22.6 Å². The van der Waals surface area contributed by atoms with E-state index in [1.165, 1.54) is 25.3 Å². The Kier molecular flexibility index (Phi) is 4.63. The number of hydrogen-bond acceptors (Lipinski definition) is 2. The van der Waals surface area contributed by atoms with Crippen LogP contribution in [0.3, 0.4) is 0 Å². The van der Waals surface area contributed by atoms with Gasteiger partial charge in [-0.05, 0) is 30.3 Å². The van der Waals surface area contributed by atoms with Gasteiger partial charge in [0.25, 0.3) is 0 Å². The van der Waals surface area contributed by atoms with E-state index < -0.39 is 5.82 Å². The lowest BCUT2D eigenvalue weighted by Gasteiger charge is -2.08. The molecule has 0 aliphatic carbocycles. The molecule has 20 heavy (non-hydrogen) atoms. The van der Waals surface area contributed by atoms with Crippen LogP contribution in [-0.4, -0.2) is 12.9 Å². The van der Waals surface area contributed by atoms with Crippen molar-refractivity contribution in [2.45, 2.75) is 6.42 Å². The Hall–Kier alpha value is -1.58. The monoisotopic (exact) mass is 312 g/mol. The van der Waals surface area contributed by atoms with Crippen molar-refractivity contribution in [2.24, 2.45) is 0 Å². The summed E-state index contributed by atoms with van der Waals surface area (Å²) in [5.74, 6) is -0.351. The average Bonchev–Trinajstić information content (AvgIpc) is 2.43. The van der Waals surface area contributed by atoms with E-state index in [1.54, 1.807) is 18.2 Å². The first kappa shape index (κ1) is 14.8. The zero-order valence-corrected chi connectivity index (χ0v) is 12.1. The number of ketones is 1. The zero-order chi connectivity index (χ0) is 14.7. The minimum Gasteiger partial charge on any atom is -0.495 e. The Morgan fingerprint density at radius 2 is 1.95 bits per heavy atom. The third-order valence-corrected chi connectivity index (χ3v) is 3.54. The number of halogens is 3. The van der Waals surface area contributed by atoms with Gasteiger partial charge in [-0.3, -0.25) is 4.79 Å². The molecule has 2 nitrogen and oxygen atoms in total. The summed E-state index contributed by atoms with van der Waals surface area (Å²) < 4.78 is 18.7. The number of carbonyl (C=O) groups is 1. The predicted octanol–water partition coefficient (Wildman–Crippen LogP) is 4.57. The summed E-state index contributed by atoms with van der Waals surface area (Å²) in [6.45, 7) is 0. The molecular weight excluding hydrogens is 302 g/mol. The number of methoxy groups -OCH3 is 1. The summed E-state index contributed by atoms with van der Waals surface area (Å²) >= 11 is 11.8. The fourth-order valence-electron chi connectivity index (χ4n) is 1.80. The van der Waals surface area contributed by atoms with E-state index in [4.69, 9.17) is 27.9 Å². The van der Waals surface area contributed by atoms with Gasteiger partial charge < -0.3 is 4.74 Å². The first-order chi connectivity index (χ1) is 9.52. The number of ether oxygens (including phenoxy) is 1. The molecule has 5 heteroatoms. The fraction of sp³-hybridized carbons (Fsp3) is 0.133. The summed E-state index contributed by atoms with van der Waals surface area (Å²) in [5, 5.41) is 0.646. The largest absolute Gasteiger partial charge is 0.495 e. The number of carbonyl (C=O) groups excluding carboxylic acids is 1. The van der Waals surface area contributed by atoms with Crippen molar-refractivity contribution in [1.82, 2.24) is 0 Å². The van der Waals surface area contributed by atoms with Gasteiger partial charge in [0.2, 0.25) is 0 Å². The van der Waals surface area contributed by atoms with Gasteiger partial charge in [0.1, 0.15) is 11.6 Å². The van der Waals surface area contributed by atoms with E-state index in [-0.39, 0.29) is 22.8 Å². The van der Waals surface area contributed by atoms with E-state index in [0.717, 1.165) is 0 Å². The fourth-order valence-corrected chi connectivity index (χ4v) is 2.22. The lowest BCUT2D eigenvalue weighted by Crippen LogP contribution is -2.06. The molecule has 2 aromatic carbocycles. The summed E-state index contributed by atoms with van der Waals surface area (Å²) in [6, 6.07) is 8.99. The summed E-state index contributed by atoms with van der Waals surface area (Å²) in [4.78, 5) is 12.2. The molecule has 2 aromatic rings. The quantitative estimate of drug-likeness (QED) is 0.773. The molecule has 104 valence electrons. The molecule has 0 saturated carbocycles. The van der Waals surface area contributed by atoms with Crippen molar-refractivity contribution in [3.05, 3.63) is 63.4 Å². The second-order valence-electron chi connectivity index (χ2n) is 4.15. The number of hydrogen-bond donors (Lipinski definition) is 0. The molecule has 0 aliphatic heterocycles. The molecule has 0 heterocycles. The van der Waals surface area contributed by atoms with Crippen LogP contribution in [0.5, 0.6) is 5.75 Å². The van der Waals surface area contributed by atoms with Gasteiger partial charge in [-0.15, -0.1) is 0 Å². The average molecular weight is 313 g/mol. The second-order valence-corrected chi connectivity index (χ2v) is 4.96. The molecule has 0 aliphatic rings. The molecule has 0 amide bonds. The van der Waals surface area contributed by atoms with Crippen LogP contribution in [0, 0.1) is 5.82 Å². The SMILES string of the molecule is COc1cc(C(=O)Cc2c(F)cccc2Cl)ccc1Cl. The normalized spacial score (nSPS) is 10.4. The molecule has 0 bridgehead atoms. The molecule has 0 radical (unpaired) electrons. The molecule has 0 N–H and O–H groups in total. The highest BCUT2D eigenvalue weighted by Crippen LogP contribution is 2.26. The van der Waals surface area contributed by atoms with Crippen molar-refractivity contribution in [3.63, 3.8) is 0 Å². The van der Waals surface area contributed by atoms with E-state index in [9.17, 15) is 9.18 Å². The van der Waals surface area contributed by atoms with E-state index in [0.29, 0.717) is 16.3 Å². The number of Topliss-reactive ketones (excluding diaryl/α,β-unsaturated/α-hetero) is 1. The van der Waals surface area contributed by atoms with Crippen molar-refractivity contribution in [1.29, 1.82) is 0 Å². The van der Waals surface area contributed by atoms with Gasteiger partial charge in [-0.1, -0.05) is 29.3 Å². The van der Waals surface area contributed by atoms with Crippen molar-refractivity contribution >= 4 is 29.0 Å². The number of rotatable bonds is 4. The van der Waals surface area contributed by atoms with Crippen molar-refractivity contribution in [2.75, 3.05) is 7.11 Å². The highest BCUT2D eigenvalue weighted by molar-refractivity contribution is 6.32. The molecule has 0 aromatic heterocycles. The lowest BCUT2D eigenvalue weighted by molar-refractivity contribution is 0.0991. The Morgan fingerprint density at radius 1 is 1.20 bits per heavy atom. The van der Waals surface area contributed by atoms with Crippen LogP contribution in [0.4, 0.5) is 4.39 Å². The third kappa shape index (κ3) is 3.11. The van der Waals surface area contributed by atoms with Crippen LogP contribution in [0.15, 0.2) is 36.4 Å². The van der Waals surface area contributed by atoms with Gasteiger partial charge in [-0.25, -0.2) is 4.39 Å². The Bertz CT molecular complexity index is 636. The maximum Gasteiger partial charge on any atom is 0.167 e. The Balaban J connectivity index is 2.29. The molecule has 0 spiro atoms. The molecule has 0 unspecified atom stereocenters. The van der Waals surface area contributed by atoms with Gasteiger partial charge in [-0.2, -0.15) is 0 Å². The van der Waals surface area contributed by atoms with Crippen LogP contribution < -0.4 is 4.74 Å². The zero-order valence-electron chi connectivity index (χ0n) is 10.6. The standard InChI is InChI=1S/C15H11Cl2FO2/c1-20-15-7-9(5-6-12(15)17)14(19)8-10-11(16)3-2-4-13(10)18/h2-7H,8H2,1H3. The van der Waals surface area contributed by atoms with Crippen molar-refractivity contribution in [3.8, 4) is 5.75 Å². The first-order valence-electron chi connectivity index (χ1n) is 5.82. The van der Waals surface area contributed by atoms with Gasteiger partial charge in [0.15, 0.2) is 5.78 Å². The third-order valence-electron chi connectivity index (χ3n) is 2.87. The minimum atomic E-state index is -0.494. The maximum absolute atomic E-state index is 13.7.